The second-order valence-corrected chi connectivity index (χ2v) is 8.33. The molecule has 7 heteroatoms. The zero-order valence-corrected chi connectivity index (χ0v) is 15.7. The van der Waals surface area contributed by atoms with E-state index in [1.165, 1.54) is 31.4 Å². The van der Waals surface area contributed by atoms with E-state index in [-0.39, 0.29) is 4.90 Å². The SMILES string of the molecule is CCC1CCCCN1c1ccc(NS(=O)(=O)c2ccc(Cl)cc2)nc1. The van der Waals surface area contributed by atoms with E-state index < -0.39 is 10.0 Å². The smallest absolute Gasteiger partial charge is 0.263 e. The van der Waals surface area contributed by atoms with Crippen LogP contribution in [0.4, 0.5) is 11.5 Å². The molecule has 2 aromatic rings. The average molecular weight is 380 g/mol. The van der Waals surface area contributed by atoms with Crippen molar-refractivity contribution in [2.24, 2.45) is 0 Å². The Kier molecular flexibility index (Phi) is 5.49. The lowest BCUT2D eigenvalue weighted by molar-refractivity contribution is 0.449. The fourth-order valence-corrected chi connectivity index (χ4v) is 4.33. The lowest BCUT2D eigenvalue weighted by atomic mass is 9.99. The summed E-state index contributed by atoms with van der Waals surface area (Å²) in [6.45, 7) is 3.22. The molecular formula is C18H22ClN3O2S. The van der Waals surface area contributed by atoms with Crippen LogP contribution in [0.5, 0.6) is 0 Å². The van der Waals surface area contributed by atoms with Crippen LogP contribution in [0.15, 0.2) is 47.5 Å². The van der Waals surface area contributed by atoms with Crippen molar-refractivity contribution in [1.82, 2.24) is 4.98 Å². The molecule has 0 aliphatic carbocycles. The highest BCUT2D eigenvalue weighted by atomic mass is 35.5. The number of hydrogen-bond donors (Lipinski definition) is 1. The van der Waals surface area contributed by atoms with Gasteiger partial charge in [0, 0.05) is 17.6 Å². The van der Waals surface area contributed by atoms with Crippen LogP contribution in [-0.2, 0) is 10.0 Å². The molecular weight excluding hydrogens is 358 g/mol. The van der Waals surface area contributed by atoms with Gasteiger partial charge in [0.25, 0.3) is 10.0 Å². The Labute approximate surface area is 154 Å². The summed E-state index contributed by atoms with van der Waals surface area (Å²) in [4.78, 5) is 6.82. The second kappa shape index (κ2) is 7.62. The third kappa shape index (κ3) is 4.25. The quantitative estimate of drug-likeness (QED) is 0.841. The van der Waals surface area contributed by atoms with Gasteiger partial charge in [0.2, 0.25) is 0 Å². The van der Waals surface area contributed by atoms with Gasteiger partial charge in [-0.15, -0.1) is 0 Å². The first-order valence-electron chi connectivity index (χ1n) is 8.50. The van der Waals surface area contributed by atoms with E-state index in [4.69, 9.17) is 11.6 Å². The van der Waals surface area contributed by atoms with Crippen molar-refractivity contribution >= 4 is 33.1 Å². The Morgan fingerprint density at radius 3 is 2.60 bits per heavy atom. The lowest BCUT2D eigenvalue weighted by Gasteiger charge is -2.37. The van der Waals surface area contributed by atoms with E-state index >= 15 is 0 Å². The summed E-state index contributed by atoms with van der Waals surface area (Å²) in [6, 6.07) is 10.2. The molecule has 1 N–H and O–H groups in total. The first-order chi connectivity index (χ1) is 12.0. The summed E-state index contributed by atoms with van der Waals surface area (Å²) in [5, 5.41) is 0.494. The van der Waals surface area contributed by atoms with Gasteiger partial charge in [-0.3, -0.25) is 4.72 Å². The third-order valence-corrected chi connectivity index (χ3v) is 6.16. The van der Waals surface area contributed by atoms with Crippen molar-refractivity contribution in [2.45, 2.75) is 43.5 Å². The third-order valence-electron chi connectivity index (χ3n) is 4.54. The Bertz CT molecular complexity index is 807. The zero-order valence-electron chi connectivity index (χ0n) is 14.2. The van der Waals surface area contributed by atoms with Crippen molar-refractivity contribution in [3.63, 3.8) is 0 Å². The first-order valence-corrected chi connectivity index (χ1v) is 10.4. The highest BCUT2D eigenvalue weighted by molar-refractivity contribution is 7.92. The summed E-state index contributed by atoms with van der Waals surface area (Å²) in [5.41, 5.74) is 1.04. The molecule has 1 aromatic carbocycles. The van der Waals surface area contributed by atoms with E-state index in [0.29, 0.717) is 16.9 Å². The Balaban J connectivity index is 1.75. The number of piperidine rings is 1. The monoisotopic (exact) mass is 379 g/mol. The molecule has 0 radical (unpaired) electrons. The Hall–Kier alpha value is -1.79. The number of aromatic nitrogens is 1. The van der Waals surface area contributed by atoms with Crippen LogP contribution in [-0.4, -0.2) is 26.0 Å². The predicted molar refractivity (Wildman–Crippen MR) is 102 cm³/mol. The fraction of sp³-hybridized carbons (Fsp3) is 0.389. The van der Waals surface area contributed by atoms with E-state index in [2.05, 4.69) is 21.5 Å². The Morgan fingerprint density at radius 2 is 1.96 bits per heavy atom. The minimum Gasteiger partial charge on any atom is -0.367 e. The van der Waals surface area contributed by atoms with E-state index in [1.807, 2.05) is 6.07 Å². The second-order valence-electron chi connectivity index (χ2n) is 6.21. The highest BCUT2D eigenvalue weighted by Gasteiger charge is 2.21. The van der Waals surface area contributed by atoms with Crippen molar-refractivity contribution in [1.29, 1.82) is 0 Å². The number of hydrogen-bond acceptors (Lipinski definition) is 4. The molecule has 1 saturated heterocycles. The van der Waals surface area contributed by atoms with Gasteiger partial charge in [0.15, 0.2) is 0 Å². The summed E-state index contributed by atoms with van der Waals surface area (Å²) in [5.74, 6) is 0.309. The largest absolute Gasteiger partial charge is 0.367 e. The summed E-state index contributed by atoms with van der Waals surface area (Å²) in [6.07, 6.45) is 6.49. The molecule has 0 bridgehead atoms. The van der Waals surface area contributed by atoms with E-state index in [0.717, 1.165) is 18.7 Å². The van der Waals surface area contributed by atoms with Gasteiger partial charge < -0.3 is 4.90 Å². The molecule has 1 unspecified atom stereocenters. The molecule has 1 atom stereocenters. The van der Waals surface area contributed by atoms with Gasteiger partial charge in [-0.1, -0.05) is 18.5 Å². The average Bonchev–Trinajstić information content (AvgIpc) is 2.62. The normalized spacial score (nSPS) is 18.2. The van der Waals surface area contributed by atoms with Crippen LogP contribution in [0.3, 0.4) is 0 Å². The van der Waals surface area contributed by atoms with Gasteiger partial charge in [0.1, 0.15) is 5.82 Å². The predicted octanol–water partition coefficient (Wildman–Crippen LogP) is 4.30. The van der Waals surface area contributed by atoms with Gasteiger partial charge in [0.05, 0.1) is 16.8 Å². The van der Waals surface area contributed by atoms with Crippen LogP contribution in [0.25, 0.3) is 0 Å². The number of nitrogens with zero attached hydrogens (tertiary/aromatic N) is 2. The van der Waals surface area contributed by atoms with Gasteiger partial charge >= 0.3 is 0 Å². The van der Waals surface area contributed by atoms with E-state index in [9.17, 15) is 8.42 Å². The summed E-state index contributed by atoms with van der Waals surface area (Å²) >= 11 is 5.80. The Morgan fingerprint density at radius 1 is 1.20 bits per heavy atom. The molecule has 0 saturated carbocycles. The molecule has 0 spiro atoms. The van der Waals surface area contributed by atoms with Crippen LogP contribution < -0.4 is 9.62 Å². The maximum Gasteiger partial charge on any atom is 0.263 e. The number of sulfonamides is 1. The summed E-state index contributed by atoms with van der Waals surface area (Å²) < 4.78 is 27.3. The summed E-state index contributed by atoms with van der Waals surface area (Å²) in [7, 11) is -3.67. The molecule has 2 heterocycles. The van der Waals surface area contributed by atoms with Gasteiger partial charge in [-0.25, -0.2) is 13.4 Å². The number of benzene rings is 1. The highest BCUT2D eigenvalue weighted by Crippen LogP contribution is 2.27. The van der Waals surface area contributed by atoms with Crippen molar-refractivity contribution in [3.05, 3.63) is 47.6 Å². The van der Waals surface area contributed by atoms with Crippen molar-refractivity contribution < 1.29 is 8.42 Å². The molecule has 1 aliphatic heterocycles. The van der Waals surface area contributed by atoms with Crippen LogP contribution >= 0.6 is 11.6 Å². The molecule has 25 heavy (non-hydrogen) atoms. The molecule has 134 valence electrons. The first kappa shape index (κ1) is 18.0. The number of pyridine rings is 1. The van der Waals surface area contributed by atoms with Crippen LogP contribution in [0, 0.1) is 0 Å². The fourth-order valence-electron chi connectivity index (χ4n) is 3.19. The lowest BCUT2D eigenvalue weighted by Crippen LogP contribution is -2.39. The van der Waals surface area contributed by atoms with Gasteiger partial charge in [-0.05, 0) is 62.1 Å². The zero-order chi connectivity index (χ0) is 17.9. The number of halogens is 1. The molecule has 3 rings (SSSR count). The maximum absolute atomic E-state index is 12.4. The molecule has 1 fully saturated rings. The maximum atomic E-state index is 12.4. The topological polar surface area (TPSA) is 62.3 Å². The number of anilines is 2. The molecule has 1 aliphatic rings. The number of nitrogens with one attached hydrogen (secondary N) is 1. The minimum atomic E-state index is -3.67. The molecule has 5 nitrogen and oxygen atoms in total. The molecule has 1 aromatic heterocycles. The van der Waals surface area contributed by atoms with Crippen molar-refractivity contribution in [3.8, 4) is 0 Å². The minimum absolute atomic E-state index is 0.157. The number of rotatable bonds is 5. The van der Waals surface area contributed by atoms with Crippen LogP contribution in [0.2, 0.25) is 5.02 Å². The molecule has 0 amide bonds. The van der Waals surface area contributed by atoms with Crippen molar-refractivity contribution in [2.75, 3.05) is 16.2 Å². The van der Waals surface area contributed by atoms with E-state index in [1.54, 1.807) is 24.4 Å². The van der Waals surface area contributed by atoms with Crippen LogP contribution in [0.1, 0.15) is 32.6 Å². The standard InChI is InChI=1S/C18H22ClN3O2S/c1-2-15-5-3-4-12-22(15)16-8-11-18(20-13-16)21-25(23,24)17-9-6-14(19)7-10-17/h6-11,13,15H,2-5,12H2,1H3,(H,20,21). The van der Waals surface area contributed by atoms with Gasteiger partial charge in [-0.2, -0.15) is 0 Å².